The van der Waals surface area contributed by atoms with Gasteiger partial charge in [-0.05, 0) is 43.9 Å². The van der Waals surface area contributed by atoms with Gasteiger partial charge in [0.15, 0.2) is 11.6 Å². The lowest BCUT2D eigenvalue weighted by Gasteiger charge is -2.28. The van der Waals surface area contributed by atoms with E-state index in [1.165, 1.54) is 18.2 Å². The van der Waals surface area contributed by atoms with Crippen LogP contribution in [0.4, 0.5) is 8.78 Å². The Kier molecular flexibility index (Phi) is 6.07. The van der Waals surface area contributed by atoms with Crippen molar-refractivity contribution < 1.29 is 23.4 Å². The number of rotatable bonds is 8. The Labute approximate surface area is 171 Å². The van der Waals surface area contributed by atoms with Crippen molar-refractivity contribution in [1.82, 2.24) is 4.98 Å². The summed E-state index contributed by atoms with van der Waals surface area (Å²) in [4.78, 5) is 16.0. The fourth-order valence-corrected chi connectivity index (χ4v) is 3.51. The summed E-state index contributed by atoms with van der Waals surface area (Å²) in [5.41, 5.74) is 9.93. The van der Waals surface area contributed by atoms with Gasteiger partial charge < -0.3 is 21.3 Å². The molecule has 1 atom stereocenters. The monoisotopic (exact) mass is 425 g/mol. The number of nitrogens with two attached hydrogens (primary N) is 2. The third-order valence-corrected chi connectivity index (χ3v) is 5.29. The van der Waals surface area contributed by atoms with Crippen LogP contribution >= 0.6 is 11.6 Å². The highest BCUT2D eigenvalue weighted by Crippen LogP contribution is 2.46. The predicted molar refractivity (Wildman–Crippen MR) is 104 cm³/mol. The molecule has 2 aromatic rings. The van der Waals surface area contributed by atoms with Crippen LogP contribution in [0.5, 0.6) is 5.75 Å². The zero-order valence-corrected chi connectivity index (χ0v) is 16.6. The number of amides is 1. The van der Waals surface area contributed by atoms with Crippen LogP contribution in [0.25, 0.3) is 11.3 Å². The fraction of sp³-hybridized carbons (Fsp3) is 0.400. The second-order valence-corrected chi connectivity index (χ2v) is 7.45. The van der Waals surface area contributed by atoms with Crippen molar-refractivity contribution in [1.29, 1.82) is 0 Å². The first kappa shape index (κ1) is 21.4. The maximum Gasteiger partial charge on any atom is 0.221 e. The third kappa shape index (κ3) is 4.05. The standard InChI is InChI=1S/C20H22ClF2N3O3/c1-2-29-19-10(8-15(25)27)7-14(20(28,9-24)11-3-4-11)26-18(19)12-5-6-13(21)17(23)16(12)22/h5-7,11,28H,2-4,8-9,24H2,1H3,(H2,25,27)/t20-/m1/s1. The highest BCUT2D eigenvalue weighted by molar-refractivity contribution is 6.30. The van der Waals surface area contributed by atoms with E-state index in [0.717, 1.165) is 12.8 Å². The molecule has 0 radical (unpaired) electrons. The molecule has 156 valence electrons. The molecule has 0 spiro atoms. The number of ether oxygens (including phenoxy) is 1. The Balaban J connectivity index is 2.31. The van der Waals surface area contributed by atoms with Crippen molar-refractivity contribution in [3.8, 4) is 17.0 Å². The molecule has 1 aliphatic rings. The van der Waals surface area contributed by atoms with E-state index in [9.17, 15) is 18.7 Å². The molecule has 0 aliphatic heterocycles. The van der Waals surface area contributed by atoms with Gasteiger partial charge in [-0.2, -0.15) is 0 Å². The van der Waals surface area contributed by atoms with Gasteiger partial charge in [0.25, 0.3) is 0 Å². The minimum Gasteiger partial charge on any atom is -0.491 e. The van der Waals surface area contributed by atoms with Gasteiger partial charge >= 0.3 is 0 Å². The van der Waals surface area contributed by atoms with Crippen LogP contribution in [0.1, 0.15) is 31.0 Å². The van der Waals surface area contributed by atoms with Crippen LogP contribution in [0.3, 0.4) is 0 Å². The minimum absolute atomic E-state index is 0.0545. The van der Waals surface area contributed by atoms with E-state index in [4.69, 9.17) is 27.8 Å². The average Bonchev–Trinajstić information content (AvgIpc) is 3.52. The summed E-state index contributed by atoms with van der Waals surface area (Å²) in [7, 11) is 0. The zero-order valence-electron chi connectivity index (χ0n) is 15.8. The molecule has 9 heteroatoms. The molecule has 29 heavy (non-hydrogen) atoms. The van der Waals surface area contributed by atoms with Crippen molar-refractivity contribution in [3.63, 3.8) is 0 Å². The maximum absolute atomic E-state index is 14.7. The topological polar surface area (TPSA) is 111 Å². The molecule has 6 nitrogen and oxygen atoms in total. The highest BCUT2D eigenvalue weighted by Gasteiger charge is 2.46. The third-order valence-electron chi connectivity index (χ3n) is 5.00. The van der Waals surface area contributed by atoms with Gasteiger partial charge in [-0.25, -0.2) is 13.8 Å². The van der Waals surface area contributed by atoms with E-state index in [1.807, 2.05) is 0 Å². The lowest BCUT2D eigenvalue weighted by Crippen LogP contribution is -2.38. The Hall–Kier alpha value is -2.29. The van der Waals surface area contributed by atoms with E-state index in [-0.39, 0.29) is 53.2 Å². The van der Waals surface area contributed by atoms with Crippen molar-refractivity contribution in [3.05, 3.63) is 46.1 Å². The number of hydrogen-bond acceptors (Lipinski definition) is 5. The van der Waals surface area contributed by atoms with E-state index < -0.39 is 23.1 Å². The molecule has 1 amide bonds. The number of aromatic nitrogens is 1. The van der Waals surface area contributed by atoms with Crippen LogP contribution in [0, 0.1) is 17.6 Å². The van der Waals surface area contributed by atoms with Gasteiger partial charge in [-0.15, -0.1) is 0 Å². The Morgan fingerprint density at radius 2 is 2.07 bits per heavy atom. The van der Waals surface area contributed by atoms with Gasteiger partial charge in [0.2, 0.25) is 5.91 Å². The van der Waals surface area contributed by atoms with Crippen molar-refractivity contribution >= 4 is 17.5 Å². The molecule has 1 heterocycles. The number of nitrogens with zero attached hydrogens (tertiary/aromatic N) is 1. The number of aliphatic hydroxyl groups is 1. The van der Waals surface area contributed by atoms with Crippen LogP contribution < -0.4 is 16.2 Å². The van der Waals surface area contributed by atoms with E-state index in [2.05, 4.69) is 4.98 Å². The average molecular weight is 426 g/mol. The van der Waals surface area contributed by atoms with E-state index >= 15 is 0 Å². The number of primary amides is 1. The summed E-state index contributed by atoms with van der Waals surface area (Å²) in [6.07, 6.45) is 1.28. The largest absolute Gasteiger partial charge is 0.491 e. The number of benzene rings is 1. The number of pyridine rings is 1. The second-order valence-electron chi connectivity index (χ2n) is 7.05. The van der Waals surface area contributed by atoms with Crippen LogP contribution in [0.2, 0.25) is 5.02 Å². The Morgan fingerprint density at radius 1 is 1.38 bits per heavy atom. The molecule has 0 bridgehead atoms. The summed E-state index contributed by atoms with van der Waals surface area (Å²) in [5.74, 6) is -3.12. The van der Waals surface area contributed by atoms with E-state index in [0.29, 0.717) is 5.56 Å². The fourth-order valence-electron chi connectivity index (χ4n) is 3.36. The molecular weight excluding hydrogens is 404 g/mol. The van der Waals surface area contributed by atoms with E-state index in [1.54, 1.807) is 6.92 Å². The smallest absolute Gasteiger partial charge is 0.221 e. The molecule has 1 aromatic heterocycles. The van der Waals surface area contributed by atoms with Gasteiger partial charge in [0, 0.05) is 17.7 Å². The molecule has 1 aliphatic carbocycles. The summed E-state index contributed by atoms with van der Waals surface area (Å²) in [5, 5.41) is 10.7. The molecule has 5 N–H and O–H groups in total. The molecule has 1 saturated carbocycles. The first-order chi connectivity index (χ1) is 13.7. The van der Waals surface area contributed by atoms with Crippen molar-refractivity contribution in [2.45, 2.75) is 31.8 Å². The lowest BCUT2D eigenvalue weighted by atomic mass is 9.90. The Bertz CT molecular complexity index is 953. The summed E-state index contributed by atoms with van der Waals surface area (Å²) in [6, 6.07) is 3.96. The van der Waals surface area contributed by atoms with Crippen LogP contribution in [0.15, 0.2) is 18.2 Å². The summed E-state index contributed by atoms with van der Waals surface area (Å²) >= 11 is 5.67. The van der Waals surface area contributed by atoms with Crippen molar-refractivity contribution in [2.24, 2.45) is 17.4 Å². The minimum atomic E-state index is -1.46. The van der Waals surface area contributed by atoms with Gasteiger partial charge in [-0.1, -0.05) is 11.6 Å². The quantitative estimate of drug-likeness (QED) is 0.563. The molecule has 0 unspecified atom stereocenters. The predicted octanol–water partition coefficient (Wildman–Crippen LogP) is 2.66. The zero-order chi connectivity index (χ0) is 21.3. The van der Waals surface area contributed by atoms with Crippen LogP contribution in [-0.4, -0.2) is 29.1 Å². The number of halogens is 3. The first-order valence-corrected chi connectivity index (χ1v) is 9.62. The van der Waals surface area contributed by atoms with Gasteiger partial charge in [0.1, 0.15) is 17.0 Å². The number of hydrogen-bond donors (Lipinski definition) is 3. The second kappa shape index (κ2) is 8.22. The number of carbonyl (C=O) groups is 1. The normalized spacial score (nSPS) is 15.8. The summed E-state index contributed by atoms with van der Waals surface area (Å²) in [6.45, 7) is 1.76. The van der Waals surface area contributed by atoms with Gasteiger partial charge in [-0.3, -0.25) is 4.79 Å². The molecule has 1 fully saturated rings. The number of carbonyl (C=O) groups excluding carboxylic acids is 1. The van der Waals surface area contributed by atoms with Crippen LogP contribution in [-0.2, 0) is 16.8 Å². The molecule has 3 rings (SSSR count). The van der Waals surface area contributed by atoms with Gasteiger partial charge in [0.05, 0.1) is 23.7 Å². The molecule has 0 saturated heterocycles. The molecule has 1 aromatic carbocycles. The molecular formula is C20H22ClF2N3O3. The first-order valence-electron chi connectivity index (χ1n) is 9.24. The van der Waals surface area contributed by atoms with Crippen molar-refractivity contribution in [2.75, 3.05) is 13.2 Å². The highest BCUT2D eigenvalue weighted by atomic mass is 35.5. The maximum atomic E-state index is 14.7. The summed E-state index contributed by atoms with van der Waals surface area (Å²) < 4.78 is 34.5. The SMILES string of the molecule is CCOc1c(CC(N)=O)cc([C@@](O)(CN)C2CC2)nc1-c1ccc(Cl)c(F)c1F. The Morgan fingerprint density at radius 3 is 2.62 bits per heavy atom. The lowest BCUT2D eigenvalue weighted by molar-refractivity contribution is -0.117.